The van der Waals surface area contributed by atoms with Crippen LogP contribution in [0.5, 0.6) is 0 Å². The van der Waals surface area contributed by atoms with Gasteiger partial charge in [-0.05, 0) is 19.2 Å². The van der Waals surface area contributed by atoms with Crippen molar-refractivity contribution < 1.29 is 9.34 Å². The van der Waals surface area contributed by atoms with Crippen LogP contribution >= 0.6 is 11.8 Å². The molecule has 0 atom stereocenters. The van der Waals surface area contributed by atoms with Crippen molar-refractivity contribution in [3.05, 3.63) is 50.1 Å². The second-order valence-electron chi connectivity index (χ2n) is 3.71. The highest BCUT2D eigenvalue weighted by Crippen LogP contribution is 2.14. The third-order valence-corrected chi connectivity index (χ3v) is 2.90. The summed E-state index contributed by atoms with van der Waals surface area (Å²) in [5, 5.41) is 14.8. The van der Waals surface area contributed by atoms with Crippen molar-refractivity contribution in [1.82, 2.24) is 9.66 Å². The predicted octanol–water partition coefficient (Wildman–Crippen LogP) is 1.66. The van der Waals surface area contributed by atoms with Gasteiger partial charge in [-0.3, -0.25) is 14.9 Å². The Morgan fingerprint density at radius 3 is 2.90 bits per heavy atom. The lowest BCUT2D eigenvalue weighted by Crippen LogP contribution is -2.19. The van der Waals surface area contributed by atoms with E-state index in [0.29, 0.717) is 10.9 Å². The van der Waals surface area contributed by atoms with Crippen LogP contribution in [0.25, 0.3) is 0 Å². The minimum atomic E-state index is -0.649. The highest BCUT2D eigenvalue weighted by molar-refractivity contribution is 7.98. The van der Waals surface area contributed by atoms with Gasteiger partial charge in [-0.25, -0.2) is 4.98 Å². The van der Waals surface area contributed by atoms with Crippen LogP contribution in [0, 0.1) is 17.0 Å². The van der Waals surface area contributed by atoms with Gasteiger partial charge in [-0.2, -0.15) is 9.78 Å². The number of nitro groups is 1. The molecule has 0 saturated carbocycles. The van der Waals surface area contributed by atoms with Gasteiger partial charge in [0.15, 0.2) is 10.9 Å². The van der Waals surface area contributed by atoms with E-state index < -0.39 is 4.92 Å². The van der Waals surface area contributed by atoms with Crippen LogP contribution < -0.4 is 5.56 Å². The Morgan fingerprint density at radius 1 is 1.55 bits per heavy atom. The summed E-state index contributed by atoms with van der Waals surface area (Å²) in [4.78, 5) is 25.8. The van der Waals surface area contributed by atoms with Crippen molar-refractivity contribution in [2.75, 3.05) is 6.26 Å². The molecule has 2 rings (SSSR count). The number of aryl methyl sites for hydroxylation is 1. The molecule has 0 fully saturated rings. The van der Waals surface area contributed by atoms with Crippen LogP contribution in [0.2, 0.25) is 0 Å². The number of aromatic nitrogens is 2. The van der Waals surface area contributed by atoms with Gasteiger partial charge in [0.2, 0.25) is 0 Å². The normalized spacial score (nSPS) is 11.1. The van der Waals surface area contributed by atoms with Gasteiger partial charge in [-0.1, -0.05) is 11.8 Å². The van der Waals surface area contributed by atoms with Crippen molar-refractivity contribution in [2.24, 2.45) is 5.10 Å². The van der Waals surface area contributed by atoms with E-state index >= 15 is 0 Å². The fraction of sp³-hybridized carbons (Fsp3) is 0.182. The number of hydrogen-bond acceptors (Lipinski definition) is 7. The lowest BCUT2D eigenvalue weighted by Gasteiger charge is -2.03. The summed E-state index contributed by atoms with van der Waals surface area (Å²) in [5.41, 5.74) is 0.263. The molecule has 2 aromatic rings. The van der Waals surface area contributed by atoms with Crippen molar-refractivity contribution in [3.63, 3.8) is 0 Å². The van der Waals surface area contributed by atoms with Crippen LogP contribution in [0.4, 0.5) is 5.88 Å². The third-order valence-electron chi connectivity index (χ3n) is 2.27. The third kappa shape index (κ3) is 2.94. The van der Waals surface area contributed by atoms with E-state index in [-0.39, 0.29) is 17.2 Å². The Kier molecular flexibility index (Phi) is 3.99. The van der Waals surface area contributed by atoms with Crippen molar-refractivity contribution in [2.45, 2.75) is 12.1 Å². The van der Waals surface area contributed by atoms with E-state index in [2.05, 4.69) is 10.1 Å². The van der Waals surface area contributed by atoms with Crippen LogP contribution in [0.15, 0.2) is 37.7 Å². The summed E-state index contributed by atoms with van der Waals surface area (Å²) in [6.45, 7) is 1.71. The Labute approximate surface area is 117 Å². The minimum Gasteiger partial charge on any atom is -0.400 e. The lowest BCUT2D eigenvalue weighted by molar-refractivity contribution is -0.402. The molecule has 0 aliphatic carbocycles. The number of furan rings is 1. The number of rotatable bonds is 4. The average Bonchev–Trinajstić information content (AvgIpc) is 2.85. The maximum absolute atomic E-state index is 11.8. The number of nitrogens with zero attached hydrogens (tertiary/aromatic N) is 4. The molecule has 0 bridgehead atoms. The predicted molar refractivity (Wildman–Crippen MR) is 73.4 cm³/mol. The van der Waals surface area contributed by atoms with Gasteiger partial charge in [0.25, 0.3) is 5.56 Å². The molecule has 0 spiro atoms. The van der Waals surface area contributed by atoms with E-state index in [9.17, 15) is 14.9 Å². The molecule has 104 valence electrons. The molecule has 0 unspecified atom stereocenters. The Bertz CT molecular complexity index is 734. The van der Waals surface area contributed by atoms with E-state index in [4.69, 9.17) is 4.42 Å². The molecule has 0 radical (unpaired) electrons. The van der Waals surface area contributed by atoms with Crippen LogP contribution in [-0.2, 0) is 0 Å². The smallest absolute Gasteiger partial charge is 0.400 e. The summed E-state index contributed by atoms with van der Waals surface area (Å²) in [6, 6.07) is 3.96. The monoisotopic (exact) mass is 294 g/mol. The molecule has 0 N–H and O–H groups in total. The van der Waals surface area contributed by atoms with Gasteiger partial charge in [0, 0.05) is 11.8 Å². The molecular weight excluding hydrogens is 284 g/mol. The first-order valence-electron chi connectivity index (χ1n) is 5.44. The number of hydrogen-bond donors (Lipinski definition) is 0. The average molecular weight is 294 g/mol. The second-order valence-corrected chi connectivity index (χ2v) is 4.49. The Morgan fingerprint density at radius 2 is 2.30 bits per heavy atom. The molecule has 0 amide bonds. The zero-order chi connectivity index (χ0) is 14.7. The topological polar surface area (TPSA) is 104 Å². The van der Waals surface area contributed by atoms with Crippen molar-refractivity contribution in [3.8, 4) is 0 Å². The van der Waals surface area contributed by atoms with Gasteiger partial charge in [0.05, 0.1) is 12.3 Å². The molecule has 8 nitrogen and oxygen atoms in total. The van der Waals surface area contributed by atoms with Gasteiger partial charge < -0.3 is 4.42 Å². The molecule has 2 aromatic heterocycles. The minimum absolute atomic E-state index is 0.177. The zero-order valence-electron chi connectivity index (χ0n) is 10.6. The molecule has 0 aliphatic rings. The maximum Gasteiger partial charge on any atom is 0.433 e. The SMILES string of the molecule is CSc1nc(C)cc(=O)n1/N=C/c1ccc([N+](=O)[O-])o1. The molecule has 20 heavy (non-hydrogen) atoms. The first-order chi connectivity index (χ1) is 9.51. The molecule has 2 heterocycles. The lowest BCUT2D eigenvalue weighted by atomic mass is 10.4. The first-order valence-corrected chi connectivity index (χ1v) is 6.67. The van der Waals surface area contributed by atoms with Gasteiger partial charge in [0.1, 0.15) is 4.92 Å². The van der Waals surface area contributed by atoms with E-state index in [1.165, 1.54) is 36.2 Å². The fourth-order valence-corrected chi connectivity index (χ4v) is 1.97. The molecular formula is C11H10N4O4S. The summed E-state index contributed by atoms with van der Waals surface area (Å²) < 4.78 is 6.02. The van der Waals surface area contributed by atoms with Crippen molar-refractivity contribution >= 4 is 23.9 Å². The standard InChI is InChI=1S/C11H10N4O4S/c1-7-5-9(16)14(11(13-7)20-2)12-6-8-3-4-10(19-8)15(17)18/h3-6H,1-2H3/b12-6+. The van der Waals surface area contributed by atoms with E-state index in [0.717, 1.165) is 4.68 Å². The summed E-state index contributed by atoms with van der Waals surface area (Å²) in [7, 11) is 0. The first kappa shape index (κ1) is 14.0. The van der Waals surface area contributed by atoms with E-state index in [1.807, 2.05) is 0 Å². The van der Waals surface area contributed by atoms with Crippen LogP contribution in [-0.4, -0.2) is 27.1 Å². The Balaban J connectivity index is 2.35. The van der Waals surface area contributed by atoms with Crippen molar-refractivity contribution in [1.29, 1.82) is 0 Å². The second kappa shape index (κ2) is 5.70. The summed E-state index contributed by atoms with van der Waals surface area (Å²) in [6.07, 6.45) is 3.00. The van der Waals surface area contributed by atoms with Gasteiger partial charge >= 0.3 is 5.88 Å². The Hall–Kier alpha value is -2.42. The summed E-state index contributed by atoms with van der Waals surface area (Å²) in [5.74, 6) is -0.206. The fourth-order valence-electron chi connectivity index (χ4n) is 1.43. The van der Waals surface area contributed by atoms with Crippen LogP contribution in [0.3, 0.4) is 0 Å². The summed E-state index contributed by atoms with van der Waals surface area (Å²) >= 11 is 1.27. The quantitative estimate of drug-likeness (QED) is 0.279. The van der Waals surface area contributed by atoms with Crippen LogP contribution in [0.1, 0.15) is 11.5 Å². The highest BCUT2D eigenvalue weighted by Gasteiger charge is 2.11. The molecule has 0 aromatic carbocycles. The van der Waals surface area contributed by atoms with Gasteiger partial charge in [-0.15, -0.1) is 0 Å². The number of thioether (sulfide) groups is 1. The molecule has 0 aliphatic heterocycles. The zero-order valence-corrected chi connectivity index (χ0v) is 11.5. The molecule has 0 saturated heterocycles. The maximum atomic E-state index is 11.8. The largest absolute Gasteiger partial charge is 0.433 e. The molecule has 9 heteroatoms. The highest BCUT2D eigenvalue weighted by atomic mass is 32.2. The van der Waals surface area contributed by atoms with E-state index in [1.54, 1.807) is 13.2 Å².